The molecule has 0 aliphatic rings. The second-order valence-electron chi connectivity index (χ2n) is 4.31. The van der Waals surface area contributed by atoms with Gasteiger partial charge in [0.25, 0.3) is 5.91 Å². The number of carbonyl (C=O) groups is 2. The summed E-state index contributed by atoms with van der Waals surface area (Å²) in [5.74, 6) is -0.790. The van der Waals surface area contributed by atoms with Crippen molar-refractivity contribution in [1.29, 1.82) is 0 Å². The van der Waals surface area contributed by atoms with Crippen molar-refractivity contribution in [2.45, 2.75) is 0 Å². The summed E-state index contributed by atoms with van der Waals surface area (Å²) in [4.78, 5) is 21.7. The van der Waals surface area contributed by atoms with Gasteiger partial charge in [-0.25, -0.2) is 4.79 Å². The van der Waals surface area contributed by atoms with E-state index in [0.717, 1.165) is 11.1 Å². The highest BCUT2D eigenvalue weighted by Crippen LogP contribution is 2.21. The summed E-state index contributed by atoms with van der Waals surface area (Å²) in [6.07, 6.45) is 0. The summed E-state index contributed by atoms with van der Waals surface area (Å²) in [7, 11) is 0. The molecule has 2 aromatic rings. The van der Waals surface area contributed by atoms with Crippen LogP contribution < -0.4 is 10.5 Å². The highest BCUT2D eigenvalue weighted by molar-refractivity contribution is 5.79. The predicted molar refractivity (Wildman–Crippen MR) is 77.5 cm³/mol. The van der Waals surface area contributed by atoms with Gasteiger partial charge in [0.2, 0.25) is 0 Å². The fourth-order valence-electron chi connectivity index (χ4n) is 1.71. The lowest BCUT2D eigenvalue weighted by Gasteiger charge is -2.07. The van der Waals surface area contributed by atoms with Gasteiger partial charge in [-0.15, -0.1) is 0 Å². The van der Waals surface area contributed by atoms with Crippen LogP contribution in [0.4, 0.5) is 0 Å². The zero-order chi connectivity index (χ0) is 15.1. The second-order valence-corrected chi connectivity index (χ2v) is 4.31. The van der Waals surface area contributed by atoms with Gasteiger partial charge in [-0.2, -0.15) is 0 Å². The van der Waals surface area contributed by atoms with Gasteiger partial charge in [-0.1, -0.05) is 42.5 Å². The van der Waals surface area contributed by atoms with Gasteiger partial charge in [-0.05, 0) is 23.3 Å². The summed E-state index contributed by atoms with van der Waals surface area (Å²) >= 11 is 0. The lowest BCUT2D eigenvalue weighted by Crippen LogP contribution is -2.23. The molecule has 0 fully saturated rings. The Bertz CT molecular complexity index is 608. The molecule has 0 aliphatic heterocycles. The van der Waals surface area contributed by atoms with E-state index < -0.39 is 18.5 Å². The topological polar surface area (TPSA) is 78.6 Å². The van der Waals surface area contributed by atoms with Crippen molar-refractivity contribution in [3.05, 3.63) is 54.6 Å². The molecule has 5 heteroatoms. The average molecular weight is 285 g/mol. The molecule has 5 nitrogen and oxygen atoms in total. The monoisotopic (exact) mass is 285 g/mol. The maximum absolute atomic E-state index is 11.3. The van der Waals surface area contributed by atoms with Gasteiger partial charge in [0.05, 0.1) is 0 Å². The number of nitrogens with two attached hydrogens (primary N) is 1. The van der Waals surface area contributed by atoms with Gasteiger partial charge in [-0.3, -0.25) is 4.79 Å². The van der Waals surface area contributed by atoms with Gasteiger partial charge in [0, 0.05) is 0 Å². The number of benzene rings is 2. The van der Waals surface area contributed by atoms with E-state index in [1.807, 2.05) is 42.5 Å². The molecular formula is C16H15NO4. The van der Waals surface area contributed by atoms with E-state index in [2.05, 4.69) is 4.74 Å². The molecule has 21 heavy (non-hydrogen) atoms. The first-order valence-electron chi connectivity index (χ1n) is 6.37. The van der Waals surface area contributed by atoms with Crippen LogP contribution in [-0.2, 0) is 14.3 Å². The Kier molecular flexibility index (Phi) is 4.93. The fourth-order valence-corrected chi connectivity index (χ4v) is 1.71. The van der Waals surface area contributed by atoms with Crippen molar-refractivity contribution in [2.75, 3.05) is 13.2 Å². The summed E-state index contributed by atoms with van der Waals surface area (Å²) < 4.78 is 9.84. The van der Waals surface area contributed by atoms with Crippen molar-refractivity contribution >= 4 is 11.9 Å². The molecule has 2 rings (SSSR count). The van der Waals surface area contributed by atoms with Gasteiger partial charge >= 0.3 is 5.97 Å². The second kappa shape index (κ2) is 7.09. The molecule has 0 saturated heterocycles. The molecule has 1 amide bonds. The molecule has 0 saturated carbocycles. The minimum Gasteiger partial charge on any atom is -0.482 e. The minimum atomic E-state index is -0.699. The van der Waals surface area contributed by atoms with Crippen LogP contribution in [0.15, 0.2) is 54.6 Å². The van der Waals surface area contributed by atoms with Crippen LogP contribution >= 0.6 is 0 Å². The summed E-state index contributed by atoms with van der Waals surface area (Å²) in [5, 5.41) is 0. The average Bonchev–Trinajstić information content (AvgIpc) is 2.52. The Morgan fingerprint density at radius 2 is 1.48 bits per heavy atom. The largest absolute Gasteiger partial charge is 0.482 e. The number of esters is 1. The van der Waals surface area contributed by atoms with E-state index in [-0.39, 0.29) is 6.61 Å². The number of hydrogen-bond acceptors (Lipinski definition) is 4. The first-order valence-corrected chi connectivity index (χ1v) is 6.37. The third-order valence-electron chi connectivity index (χ3n) is 2.69. The summed E-state index contributed by atoms with van der Waals surface area (Å²) in [5.41, 5.74) is 7.02. The molecule has 2 N–H and O–H groups in total. The number of amides is 1. The Balaban J connectivity index is 1.88. The Morgan fingerprint density at radius 3 is 2.10 bits per heavy atom. The van der Waals surface area contributed by atoms with Crippen LogP contribution in [0, 0.1) is 0 Å². The molecule has 2 aromatic carbocycles. The smallest absolute Gasteiger partial charge is 0.344 e. The highest BCUT2D eigenvalue weighted by Gasteiger charge is 2.06. The van der Waals surface area contributed by atoms with E-state index in [9.17, 15) is 9.59 Å². The molecule has 108 valence electrons. The van der Waals surface area contributed by atoms with Crippen molar-refractivity contribution in [3.63, 3.8) is 0 Å². The third-order valence-corrected chi connectivity index (χ3v) is 2.69. The van der Waals surface area contributed by atoms with Crippen molar-refractivity contribution < 1.29 is 19.1 Å². The van der Waals surface area contributed by atoms with Gasteiger partial charge in [0.1, 0.15) is 5.75 Å². The molecule has 0 unspecified atom stereocenters. The molecular weight excluding hydrogens is 270 g/mol. The maximum atomic E-state index is 11.3. The molecule has 0 aromatic heterocycles. The Labute approximate surface area is 122 Å². The normalized spacial score (nSPS) is 9.90. The van der Waals surface area contributed by atoms with E-state index in [0.29, 0.717) is 5.75 Å². The first kappa shape index (κ1) is 14.6. The lowest BCUT2D eigenvalue weighted by atomic mass is 10.1. The van der Waals surface area contributed by atoms with Crippen molar-refractivity contribution in [3.8, 4) is 16.9 Å². The number of rotatable bonds is 6. The van der Waals surface area contributed by atoms with E-state index >= 15 is 0 Å². The first-order chi connectivity index (χ1) is 10.1. The molecule has 0 spiro atoms. The van der Waals surface area contributed by atoms with Crippen LogP contribution in [0.2, 0.25) is 0 Å². The van der Waals surface area contributed by atoms with Crippen LogP contribution in [0.5, 0.6) is 5.75 Å². The fraction of sp³-hybridized carbons (Fsp3) is 0.125. The quantitative estimate of drug-likeness (QED) is 0.820. The molecule has 0 bridgehead atoms. The maximum Gasteiger partial charge on any atom is 0.344 e. The lowest BCUT2D eigenvalue weighted by molar-refractivity contribution is -0.149. The van der Waals surface area contributed by atoms with Crippen LogP contribution in [0.1, 0.15) is 0 Å². The molecule has 0 atom stereocenters. The zero-order valence-electron chi connectivity index (χ0n) is 11.3. The van der Waals surface area contributed by atoms with Crippen LogP contribution in [-0.4, -0.2) is 25.1 Å². The van der Waals surface area contributed by atoms with E-state index in [1.54, 1.807) is 12.1 Å². The van der Waals surface area contributed by atoms with Gasteiger partial charge in [0.15, 0.2) is 13.2 Å². The Hall–Kier alpha value is -2.82. The summed E-state index contributed by atoms with van der Waals surface area (Å²) in [6.45, 7) is -0.701. The highest BCUT2D eigenvalue weighted by atomic mass is 16.6. The van der Waals surface area contributed by atoms with E-state index in [4.69, 9.17) is 10.5 Å². The van der Waals surface area contributed by atoms with Crippen LogP contribution in [0.25, 0.3) is 11.1 Å². The van der Waals surface area contributed by atoms with Crippen molar-refractivity contribution in [2.24, 2.45) is 5.73 Å². The molecule has 0 radical (unpaired) electrons. The third kappa shape index (κ3) is 4.65. The zero-order valence-corrected chi connectivity index (χ0v) is 11.3. The van der Waals surface area contributed by atoms with Crippen LogP contribution in [0.3, 0.4) is 0 Å². The molecule has 0 heterocycles. The number of hydrogen-bond donors (Lipinski definition) is 1. The number of primary amides is 1. The number of ether oxygens (including phenoxy) is 2. The summed E-state index contributed by atoms with van der Waals surface area (Å²) in [6, 6.07) is 17.3. The SMILES string of the molecule is NC(=O)COC(=O)COc1ccc(-c2ccccc2)cc1. The molecule has 0 aliphatic carbocycles. The minimum absolute atomic E-state index is 0.266. The standard InChI is InChI=1S/C16H15NO4/c17-15(18)10-21-16(19)11-20-14-8-6-13(7-9-14)12-4-2-1-3-5-12/h1-9H,10-11H2,(H2,17,18). The number of carbonyl (C=O) groups excluding carboxylic acids is 2. The van der Waals surface area contributed by atoms with Gasteiger partial charge < -0.3 is 15.2 Å². The predicted octanol–water partition coefficient (Wildman–Crippen LogP) is 1.76. The Morgan fingerprint density at radius 1 is 0.857 bits per heavy atom. The van der Waals surface area contributed by atoms with E-state index in [1.165, 1.54) is 0 Å². The van der Waals surface area contributed by atoms with Crippen molar-refractivity contribution in [1.82, 2.24) is 0 Å².